The minimum absolute atomic E-state index is 0.239. The van der Waals surface area contributed by atoms with E-state index in [9.17, 15) is 0 Å². The van der Waals surface area contributed by atoms with E-state index in [1.54, 1.807) is 0 Å². The lowest BCUT2D eigenvalue weighted by Crippen LogP contribution is -2.24. The van der Waals surface area contributed by atoms with Crippen LogP contribution in [0.15, 0.2) is 33.0 Å². The molecule has 0 saturated carbocycles. The number of nitrogens with two attached hydrogens (primary N) is 1. The molecular weight excluding hydrogens is 444 g/mol. The lowest BCUT2D eigenvalue weighted by atomic mass is 10.3. The number of aromatic nitrogens is 4. The van der Waals surface area contributed by atoms with Gasteiger partial charge in [-0.25, -0.2) is 15.0 Å². The number of benzene rings is 1. The van der Waals surface area contributed by atoms with Gasteiger partial charge in [0.15, 0.2) is 33.6 Å². The first kappa shape index (κ1) is 19.3. The number of nitrogens with one attached hydrogen (secondary N) is 1. The van der Waals surface area contributed by atoms with Crippen LogP contribution in [-0.2, 0) is 6.54 Å². The number of ether oxygens (including phenoxy) is 2. The Labute approximate surface area is 175 Å². The van der Waals surface area contributed by atoms with Crippen LogP contribution in [0.1, 0.15) is 20.3 Å². The minimum Gasteiger partial charge on any atom is -0.454 e. The van der Waals surface area contributed by atoms with Crippen molar-refractivity contribution in [2.75, 3.05) is 19.1 Å². The van der Waals surface area contributed by atoms with Crippen molar-refractivity contribution in [3.63, 3.8) is 0 Å². The Morgan fingerprint density at radius 3 is 2.86 bits per heavy atom. The number of hydrogen-bond acceptors (Lipinski definition) is 8. The zero-order valence-electron chi connectivity index (χ0n) is 15.6. The molecule has 3 heterocycles. The summed E-state index contributed by atoms with van der Waals surface area (Å²) in [6.45, 7) is 6.20. The highest BCUT2D eigenvalue weighted by atomic mass is 79.9. The Hall–Kier alpha value is -2.04. The molecule has 4 rings (SSSR count). The molecule has 3 aromatic rings. The Morgan fingerprint density at radius 2 is 2.07 bits per heavy atom. The Balaban J connectivity index is 1.66. The average molecular weight is 465 g/mol. The zero-order chi connectivity index (χ0) is 19.7. The summed E-state index contributed by atoms with van der Waals surface area (Å²) in [5.74, 6) is 1.85. The molecule has 28 heavy (non-hydrogen) atoms. The van der Waals surface area contributed by atoms with Crippen LogP contribution in [0.2, 0.25) is 0 Å². The summed E-state index contributed by atoms with van der Waals surface area (Å²) >= 11 is 5.15. The third-order valence-corrected chi connectivity index (χ3v) is 6.24. The number of anilines is 1. The van der Waals surface area contributed by atoms with Crippen LogP contribution in [0.4, 0.5) is 5.82 Å². The summed E-state index contributed by atoms with van der Waals surface area (Å²) in [5, 5.41) is 4.25. The van der Waals surface area contributed by atoms with Crippen LogP contribution in [0.25, 0.3) is 11.2 Å². The first-order valence-corrected chi connectivity index (χ1v) is 10.6. The first-order chi connectivity index (χ1) is 13.5. The van der Waals surface area contributed by atoms with Gasteiger partial charge in [-0.15, -0.1) is 0 Å². The van der Waals surface area contributed by atoms with E-state index in [2.05, 4.69) is 49.6 Å². The Kier molecular flexibility index (Phi) is 5.61. The maximum atomic E-state index is 6.04. The second-order valence-electron chi connectivity index (χ2n) is 6.68. The predicted octanol–water partition coefficient (Wildman–Crippen LogP) is 3.44. The van der Waals surface area contributed by atoms with Gasteiger partial charge in [-0.3, -0.25) is 0 Å². The number of aryl methyl sites for hydroxylation is 1. The summed E-state index contributed by atoms with van der Waals surface area (Å²) in [4.78, 5) is 14.2. The molecule has 0 radical (unpaired) electrons. The van der Waals surface area contributed by atoms with Crippen molar-refractivity contribution in [2.24, 2.45) is 0 Å². The van der Waals surface area contributed by atoms with Gasteiger partial charge in [0.05, 0.1) is 0 Å². The summed E-state index contributed by atoms with van der Waals surface area (Å²) in [5.41, 5.74) is 7.41. The molecule has 2 aromatic heterocycles. The second kappa shape index (κ2) is 8.14. The largest absolute Gasteiger partial charge is 0.454 e. The molecule has 1 aromatic carbocycles. The summed E-state index contributed by atoms with van der Waals surface area (Å²) in [6, 6.07) is 4.32. The molecule has 0 fully saturated rings. The minimum atomic E-state index is 0.239. The van der Waals surface area contributed by atoms with E-state index in [-0.39, 0.29) is 6.79 Å². The quantitative estimate of drug-likeness (QED) is 0.512. The van der Waals surface area contributed by atoms with E-state index in [1.807, 2.05) is 12.1 Å². The van der Waals surface area contributed by atoms with Gasteiger partial charge in [0.25, 0.3) is 0 Å². The fourth-order valence-electron chi connectivity index (χ4n) is 2.92. The van der Waals surface area contributed by atoms with Crippen LogP contribution < -0.4 is 20.5 Å². The SMILES string of the molecule is CC(C)NCCCn1c(Sc2cc3c(cc2Br)OCO3)nc2c(N)ncnc21. The van der Waals surface area contributed by atoms with Gasteiger partial charge in [0.1, 0.15) is 6.33 Å². The molecule has 10 heteroatoms. The van der Waals surface area contributed by atoms with E-state index in [1.165, 1.54) is 18.1 Å². The second-order valence-corrected chi connectivity index (χ2v) is 8.54. The average Bonchev–Trinajstić information content (AvgIpc) is 3.24. The standard InChI is InChI=1S/C18H21BrN6O2S/c1-10(2)21-4-3-5-25-17-15(16(20)22-8-23-17)24-18(25)28-14-7-13-12(6-11(14)19)26-9-27-13/h6-8,10,21H,3-5,9H2,1-2H3,(H2,20,22,23). The van der Waals surface area contributed by atoms with Crippen LogP contribution in [0.5, 0.6) is 11.5 Å². The molecule has 1 aliphatic heterocycles. The molecule has 0 saturated heterocycles. The van der Waals surface area contributed by atoms with Crippen molar-refractivity contribution < 1.29 is 9.47 Å². The van der Waals surface area contributed by atoms with Crippen molar-refractivity contribution in [3.05, 3.63) is 22.9 Å². The molecule has 0 amide bonds. The topological polar surface area (TPSA) is 100 Å². The monoisotopic (exact) mass is 464 g/mol. The molecule has 148 valence electrons. The van der Waals surface area contributed by atoms with Crippen molar-refractivity contribution >= 4 is 44.7 Å². The molecule has 0 spiro atoms. The van der Waals surface area contributed by atoms with Crippen LogP contribution in [0, 0.1) is 0 Å². The van der Waals surface area contributed by atoms with E-state index in [0.717, 1.165) is 51.2 Å². The number of fused-ring (bicyclic) bond motifs is 2. The van der Waals surface area contributed by atoms with Crippen molar-refractivity contribution in [2.45, 2.75) is 42.9 Å². The maximum Gasteiger partial charge on any atom is 0.231 e. The van der Waals surface area contributed by atoms with Gasteiger partial charge in [-0.2, -0.15) is 0 Å². The predicted molar refractivity (Wildman–Crippen MR) is 112 cm³/mol. The Bertz CT molecular complexity index is 1010. The molecular formula is C18H21BrN6O2S. The van der Waals surface area contributed by atoms with Gasteiger partial charge >= 0.3 is 0 Å². The molecule has 0 atom stereocenters. The molecule has 1 aliphatic rings. The smallest absolute Gasteiger partial charge is 0.231 e. The van der Waals surface area contributed by atoms with Crippen molar-refractivity contribution in [3.8, 4) is 11.5 Å². The summed E-state index contributed by atoms with van der Waals surface area (Å²) < 4.78 is 14.0. The number of hydrogen-bond donors (Lipinski definition) is 2. The van der Waals surface area contributed by atoms with E-state index < -0.39 is 0 Å². The number of halogens is 1. The van der Waals surface area contributed by atoms with Gasteiger partial charge < -0.3 is 25.1 Å². The van der Waals surface area contributed by atoms with Crippen molar-refractivity contribution in [1.29, 1.82) is 0 Å². The van der Waals surface area contributed by atoms with Gasteiger partial charge in [0.2, 0.25) is 6.79 Å². The number of nitrogen functional groups attached to an aromatic ring is 1. The van der Waals surface area contributed by atoms with Crippen LogP contribution in [0.3, 0.4) is 0 Å². The van der Waals surface area contributed by atoms with E-state index in [0.29, 0.717) is 17.4 Å². The molecule has 8 nitrogen and oxygen atoms in total. The van der Waals surface area contributed by atoms with Crippen LogP contribution in [-0.4, -0.2) is 38.9 Å². The number of nitrogens with zero attached hydrogens (tertiary/aromatic N) is 4. The fraction of sp³-hybridized carbons (Fsp3) is 0.389. The van der Waals surface area contributed by atoms with E-state index >= 15 is 0 Å². The zero-order valence-corrected chi connectivity index (χ0v) is 18.0. The number of imidazole rings is 1. The summed E-state index contributed by atoms with van der Waals surface area (Å²) in [6.07, 6.45) is 2.43. The van der Waals surface area contributed by atoms with Gasteiger partial charge in [0, 0.05) is 22.0 Å². The number of rotatable bonds is 7. The first-order valence-electron chi connectivity index (χ1n) is 9.00. The fourth-order valence-corrected chi connectivity index (χ4v) is 4.43. The molecule has 3 N–H and O–H groups in total. The van der Waals surface area contributed by atoms with Gasteiger partial charge in [-0.1, -0.05) is 25.6 Å². The highest BCUT2D eigenvalue weighted by Crippen LogP contribution is 2.43. The summed E-state index contributed by atoms with van der Waals surface area (Å²) in [7, 11) is 0. The highest BCUT2D eigenvalue weighted by Gasteiger charge is 2.20. The highest BCUT2D eigenvalue weighted by molar-refractivity contribution is 9.10. The lowest BCUT2D eigenvalue weighted by molar-refractivity contribution is 0.174. The lowest BCUT2D eigenvalue weighted by Gasteiger charge is -2.11. The normalized spacial score (nSPS) is 13.0. The van der Waals surface area contributed by atoms with Gasteiger partial charge in [-0.05, 0) is 41.0 Å². The molecule has 0 aliphatic carbocycles. The third-order valence-electron chi connectivity index (χ3n) is 4.26. The molecule has 0 unspecified atom stereocenters. The third kappa shape index (κ3) is 3.89. The maximum absolute atomic E-state index is 6.04. The molecule has 0 bridgehead atoms. The van der Waals surface area contributed by atoms with Crippen molar-refractivity contribution in [1.82, 2.24) is 24.8 Å². The Morgan fingerprint density at radius 1 is 1.29 bits per heavy atom. The van der Waals surface area contributed by atoms with Crippen LogP contribution >= 0.6 is 27.7 Å². The van der Waals surface area contributed by atoms with E-state index in [4.69, 9.17) is 20.2 Å².